The van der Waals surface area contributed by atoms with Gasteiger partial charge in [-0.1, -0.05) is 72.8 Å². The summed E-state index contributed by atoms with van der Waals surface area (Å²) in [4.78, 5) is 26.9. The molecule has 0 fully saturated rings. The molecule has 2 amide bonds. The van der Waals surface area contributed by atoms with Crippen LogP contribution in [0.3, 0.4) is 0 Å². The number of benzene rings is 3. The van der Waals surface area contributed by atoms with Gasteiger partial charge in [-0.2, -0.15) is 5.10 Å². The molecule has 8 heteroatoms. The van der Waals surface area contributed by atoms with Gasteiger partial charge in [-0.15, -0.1) is 0 Å². The van der Waals surface area contributed by atoms with Crippen molar-refractivity contribution in [2.75, 3.05) is 5.32 Å². The van der Waals surface area contributed by atoms with Crippen LogP contribution in [0.4, 0.5) is 10.5 Å². The Bertz CT molecular complexity index is 1430. The molecule has 0 aliphatic rings. The number of nitrogens with zero attached hydrogens (tertiary/aromatic N) is 1. The van der Waals surface area contributed by atoms with Crippen molar-refractivity contribution in [2.24, 2.45) is 0 Å². The van der Waals surface area contributed by atoms with Crippen molar-refractivity contribution >= 4 is 17.7 Å². The third-order valence-corrected chi connectivity index (χ3v) is 6.57. The number of nitrogens with one attached hydrogen (secondary N) is 3. The molecule has 0 saturated heterocycles. The summed E-state index contributed by atoms with van der Waals surface area (Å²) in [7, 11) is 0. The number of carbonyl (C=O) groups excluding carboxylic acids is 2. The number of hydrogen-bond acceptors (Lipinski definition) is 5. The van der Waals surface area contributed by atoms with Crippen LogP contribution >= 0.6 is 0 Å². The Kier molecular flexibility index (Phi) is 8.63. The zero-order valence-corrected chi connectivity index (χ0v) is 24.4. The number of aryl methyl sites for hydroxylation is 1. The SMILES string of the molecule is Cc1[nH]nc(C(C)(C)O)c1-c1ccc(NC(=O)[C@@H](NC(=O)OC(C)(C)C)C(c2ccccc2)c2ccccc2)cc1. The van der Waals surface area contributed by atoms with Crippen LogP contribution in [0, 0.1) is 6.92 Å². The number of anilines is 1. The van der Waals surface area contributed by atoms with Crippen LogP contribution in [-0.2, 0) is 15.1 Å². The third-order valence-electron chi connectivity index (χ3n) is 6.57. The van der Waals surface area contributed by atoms with Gasteiger partial charge in [-0.3, -0.25) is 9.89 Å². The van der Waals surface area contributed by atoms with Crippen molar-refractivity contribution in [3.05, 3.63) is 107 Å². The lowest BCUT2D eigenvalue weighted by Crippen LogP contribution is -2.49. The molecule has 4 aromatic rings. The smallest absolute Gasteiger partial charge is 0.408 e. The summed E-state index contributed by atoms with van der Waals surface area (Å²) >= 11 is 0. The molecule has 1 heterocycles. The van der Waals surface area contributed by atoms with E-state index in [1.807, 2.05) is 79.7 Å². The molecule has 3 aromatic carbocycles. The Morgan fingerprint density at radius 2 is 1.39 bits per heavy atom. The molecule has 8 nitrogen and oxygen atoms in total. The largest absolute Gasteiger partial charge is 0.444 e. The number of amides is 2. The van der Waals surface area contributed by atoms with E-state index in [9.17, 15) is 14.7 Å². The van der Waals surface area contributed by atoms with Gasteiger partial charge in [0.1, 0.15) is 22.9 Å². The number of H-pyrrole nitrogens is 1. The minimum Gasteiger partial charge on any atom is -0.444 e. The predicted molar refractivity (Wildman–Crippen MR) is 161 cm³/mol. The maximum Gasteiger partial charge on any atom is 0.408 e. The second-order valence-corrected chi connectivity index (χ2v) is 11.6. The number of aliphatic hydroxyl groups is 1. The first kappa shape index (κ1) is 29.6. The summed E-state index contributed by atoms with van der Waals surface area (Å²) in [5.41, 5.74) is 3.48. The minimum atomic E-state index is -1.13. The first-order chi connectivity index (χ1) is 19.3. The Morgan fingerprint density at radius 3 is 1.88 bits per heavy atom. The van der Waals surface area contributed by atoms with Crippen LogP contribution in [0.5, 0.6) is 0 Å². The van der Waals surface area contributed by atoms with Gasteiger partial charge in [-0.05, 0) is 70.4 Å². The van der Waals surface area contributed by atoms with Gasteiger partial charge in [0, 0.05) is 22.9 Å². The van der Waals surface area contributed by atoms with Crippen molar-refractivity contribution in [3.63, 3.8) is 0 Å². The highest BCUT2D eigenvalue weighted by Crippen LogP contribution is 2.34. The molecule has 4 rings (SSSR count). The predicted octanol–water partition coefficient (Wildman–Crippen LogP) is 6.28. The molecule has 1 aromatic heterocycles. The van der Waals surface area contributed by atoms with E-state index in [4.69, 9.17) is 4.74 Å². The molecule has 4 N–H and O–H groups in total. The second kappa shape index (κ2) is 12.0. The number of alkyl carbamates (subject to hydrolysis) is 1. The average Bonchev–Trinajstić information content (AvgIpc) is 3.31. The molecular formula is C33H38N4O4. The van der Waals surface area contributed by atoms with E-state index in [0.29, 0.717) is 11.4 Å². The van der Waals surface area contributed by atoms with Gasteiger partial charge >= 0.3 is 6.09 Å². The lowest BCUT2D eigenvalue weighted by Gasteiger charge is -2.29. The van der Waals surface area contributed by atoms with E-state index in [-0.39, 0.29) is 0 Å². The molecule has 0 saturated carbocycles. The number of carbonyl (C=O) groups is 2. The van der Waals surface area contributed by atoms with Crippen molar-refractivity contribution in [3.8, 4) is 11.1 Å². The van der Waals surface area contributed by atoms with Crippen LogP contribution in [0.15, 0.2) is 84.9 Å². The zero-order chi connectivity index (χ0) is 29.8. The Balaban J connectivity index is 1.67. The van der Waals surface area contributed by atoms with E-state index >= 15 is 0 Å². The molecule has 0 spiro atoms. The third kappa shape index (κ3) is 7.41. The molecule has 41 heavy (non-hydrogen) atoms. The first-order valence-corrected chi connectivity index (χ1v) is 13.6. The summed E-state index contributed by atoms with van der Waals surface area (Å²) < 4.78 is 5.54. The molecule has 1 atom stereocenters. The van der Waals surface area contributed by atoms with E-state index in [1.54, 1.807) is 46.8 Å². The highest BCUT2D eigenvalue weighted by atomic mass is 16.6. The number of ether oxygens (including phenoxy) is 1. The van der Waals surface area contributed by atoms with Gasteiger partial charge in [0.05, 0.1) is 0 Å². The summed E-state index contributed by atoms with van der Waals surface area (Å²) in [6, 6.07) is 25.6. The number of aromatic amines is 1. The zero-order valence-electron chi connectivity index (χ0n) is 24.4. The number of hydrogen-bond donors (Lipinski definition) is 4. The highest BCUT2D eigenvalue weighted by Gasteiger charge is 2.34. The van der Waals surface area contributed by atoms with Gasteiger partial charge in [0.2, 0.25) is 5.91 Å². The molecule has 214 valence electrons. The lowest BCUT2D eigenvalue weighted by atomic mass is 9.84. The topological polar surface area (TPSA) is 116 Å². The summed E-state index contributed by atoms with van der Waals surface area (Å²) in [5.74, 6) is -0.870. The van der Waals surface area contributed by atoms with E-state index in [0.717, 1.165) is 27.9 Å². The molecule has 0 aliphatic heterocycles. The Labute approximate surface area is 241 Å². The second-order valence-electron chi connectivity index (χ2n) is 11.6. The average molecular weight is 555 g/mol. The molecule has 0 aliphatic carbocycles. The Morgan fingerprint density at radius 1 is 0.854 bits per heavy atom. The maximum atomic E-state index is 13.9. The molecule has 0 bridgehead atoms. The number of rotatable bonds is 8. The van der Waals surface area contributed by atoms with Crippen LogP contribution < -0.4 is 10.6 Å². The van der Waals surface area contributed by atoms with E-state index < -0.39 is 35.2 Å². The van der Waals surface area contributed by atoms with Gasteiger partial charge in [0.25, 0.3) is 0 Å². The van der Waals surface area contributed by atoms with Crippen LogP contribution in [0.2, 0.25) is 0 Å². The minimum absolute atomic E-state index is 0.391. The van der Waals surface area contributed by atoms with Crippen molar-refractivity contribution in [1.29, 1.82) is 0 Å². The monoisotopic (exact) mass is 554 g/mol. The Hall–Kier alpha value is -4.43. The van der Waals surface area contributed by atoms with E-state index in [2.05, 4.69) is 20.8 Å². The number of aromatic nitrogens is 2. The molecular weight excluding hydrogens is 516 g/mol. The van der Waals surface area contributed by atoms with Gasteiger partial charge < -0.3 is 20.5 Å². The maximum absolute atomic E-state index is 13.9. The fraction of sp³-hybridized carbons (Fsp3) is 0.303. The summed E-state index contributed by atoms with van der Waals surface area (Å²) in [6.45, 7) is 10.6. The fourth-order valence-corrected chi connectivity index (χ4v) is 4.80. The first-order valence-electron chi connectivity index (χ1n) is 13.6. The normalized spacial score (nSPS) is 12.6. The quantitative estimate of drug-likeness (QED) is 0.205. The standard InChI is InChI=1S/C33H38N4O4/c1-21-26(29(37-36-21)33(5,6)40)24-17-19-25(20-18-24)34-30(38)28(35-31(39)41-32(2,3)4)27(22-13-9-7-10-14-22)23-15-11-8-12-16-23/h7-20,27-28,40H,1-6H3,(H,34,38)(H,35,39)(H,36,37)/t28-/m0/s1. The summed E-state index contributed by atoms with van der Waals surface area (Å²) in [5, 5.41) is 23.6. The van der Waals surface area contributed by atoms with Crippen LogP contribution in [-0.4, -0.2) is 38.9 Å². The van der Waals surface area contributed by atoms with E-state index in [1.165, 1.54) is 0 Å². The van der Waals surface area contributed by atoms with Crippen molar-refractivity contribution < 1.29 is 19.4 Å². The molecule has 0 radical (unpaired) electrons. The summed E-state index contributed by atoms with van der Waals surface area (Å²) in [6.07, 6.45) is -0.681. The van der Waals surface area contributed by atoms with Crippen LogP contribution in [0.1, 0.15) is 63.1 Å². The van der Waals surface area contributed by atoms with Crippen molar-refractivity contribution in [1.82, 2.24) is 15.5 Å². The highest BCUT2D eigenvalue weighted by molar-refractivity contribution is 5.98. The van der Waals surface area contributed by atoms with Crippen LogP contribution in [0.25, 0.3) is 11.1 Å². The lowest BCUT2D eigenvalue weighted by molar-refractivity contribution is -0.118. The van der Waals surface area contributed by atoms with Gasteiger partial charge in [0.15, 0.2) is 0 Å². The molecule has 0 unspecified atom stereocenters. The van der Waals surface area contributed by atoms with Crippen molar-refractivity contribution in [2.45, 2.75) is 64.7 Å². The fourth-order valence-electron chi connectivity index (χ4n) is 4.80. The van der Waals surface area contributed by atoms with Gasteiger partial charge in [-0.25, -0.2) is 4.79 Å².